The van der Waals surface area contributed by atoms with Crippen LogP contribution in [0.1, 0.15) is 50.1 Å². The van der Waals surface area contributed by atoms with Crippen LogP contribution < -0.4 is 10.6 Å². The van der Waals surface area contributed by atoms with Gasteiger partial charge in [-0.3, -0.25) is 4.21 Å². The van der Waals surface area contributed by atoms with E-state index in [1.165, 1.54) is 4.88 Å². The summed E-state index contributed by atoms with van der Waals surface area (Å²) in [5.74, 6) is 1.61. The number of hydrogen-bond donors (Lipinski definition) is 2. The van der Waals surface area contributed by atoms with Crippen LogP contribution in [0, 0.1) is 6.92 Å². The van der Waals surface area contributed by atoms with E-state index in [0.29, 0.717) is 17.8 Å². The highest BCUT2D eigenvalue weighted by Crippen LogP contribution is 2.23. The maximum atomic E-state index is 12.1. The summed E-state index contributed by atoms with van der Waals surface area (Å²) in [7, 11) is -0.691. The number of nitrogens with one attached hydrogen (secondary N) is 2. The molecule has 0 amide bonds. The Kier molecular flexibility index (Phi) is 7.49. The van der Waals surface area contributed by atoms with Gasteiger partial charge in [0.05, 0.1) is 17.7 Å². The van der Waals surface area contributed by atoms with E-state index in [2.05, 4.69) is 27.5 Å². The molecule has 3 atom stereocenters. The zero-order valence-corrected chi connectivity index (χ0v) is 15.9. The van der Waals surface area contributed by atoms with Crippen molar-refractivity contribution in [2.75, 3.05) is 12.3 Å². The van der Waals surface area contributed by atoms with Gasteiger partial charge in [-0.15, -0.1) is 11.3 Å². The second-order valence-corrected chi connectivity index (χ2v) is 8.80. The molecule has 0 bridgehead atoms. The number of rotatable bonds is 6. The van der Waals surface area contributed by atoms with Crippen LogP contribution in [0.3, 0.4) is 0 Å². The van der Waals surface area contributed by atoms with Crippen molar-refractivity contribution in [3.05, 3.63) is 16.1 Å². The molecule has 0 aliphatic heterocycles. The minimum absolute atomic E-state index is 0.331. The molecule has 1 aliphatic rings. The molecular formula is C16H28N4OS2. The van der Waals surface area contributed by atoms with Gasteiger partial charge in [0.25, 0.3) is 0 Å². The lowest BCUT2D eigenvalue weighted by molar-refractivity contribution is 0.413. The summed E-state index contributed by atoms with van der Waals surface area (Å²) in [6.07, 6.45) is 4.33. The average Bonchev–Trinajstić information content (AvgIpc) is 2.97. The van der Waals surface area contributed by atoms with Crippen molar-refractivity contribution in [1.82, 2.24) is 15.6 Å². The van der Waals surface area contributed by atoms with Crippen molar-refractivity contribution in [2.24, 2.45) is 4.99 Å². The molecule has 0 saturated heterocycles. The molecule has 0 radical (unpaired) electrons. The van der Waals surface area contributed by atoms with Crippen LogP contribution in [-0.4, -0.2) is 38.7 Å². The Bertz CT molecular complexity index is 544. The van der Waals surface area contributed by atoms with Crippen LogP contribution in [0.15, 0.2) is 10.5 Å². The summed E-state index contributed by atoms with van der Waals surface area (Å²) in [6, 6.07) is 0.365. The normalized spacial score (nSPS) is 23.5. The lowest BCUT2D eigenvalue weighted by atomic mass is 9.95. The minimum atomic E-state index is -0.691. The summed E-state index contributed by atoms with van der Waals surface area (Å²) in [6.45, 7) is 7.60. The molecule has 1 saturated carbocycles. The van der Waals surface area contributed by atoms with E-state index < -0.39 is 10.8 Å². The number of nitrogens with zero attached hydrogens (tertiary/aromatic N) is 2. The Morgan fingerprint density at radius 2 is 2.30 bits per heavy atom. The van der Waals surface area contributed by atoms with E-state index in [4.69, 9.17) is 0 Å². The van der Waals surface area contributed by atoms with E-state index in [1.54, 1.807) is 11.3 Å². The fourth-order valence-electron chi connectivity index (χ4n) is 2.89. The molecule has 3 unspecified atom stereocenters. The van der Waals surface area contributed by atoms with E-state index >= 15 is 0 Å². The fourth-order valence-corrected chi connectivity index (χ4v) is 4.94. The third kappa shape index (κ3) is 5.57. The first-order valence-corrected chi connectivity index (χ1v) is 10.7. The Balaban J connectivity index is 1.95. The summed E-state index contributed by atoms with van der Waals surface area (Å²) >= 11 is 1.65. The smallest absolute Gasteiger partial charge is 0.191 e. The SMILES string of the molecule is CCNC(=NCc1scnc1C)NC1CCCC(S(=O)CC)C1. The molecule has 1 heterocycles. The van der Waals surface area contributed by atoms with Gasteiger partial charge in [0.2, 0.25) is 0 Å². The largest absolute Gasteiger partial charge is 0.357 e. The second kappa shape index (κ2) is 9.37. The number of aryl methyl sites for hydroxylation is 1. The minimum Gasteiger partial charge on any atom is -0.357 e. The van der Waals surface area contributed by atoms with Gasteiger partial charge < -0.3 is 10.6 Å². The monoisotopic (exact) mass is 356 g/mol. The third-order valence-corrected chi connectivity index (χ3v) is 6.85. The molecule has 0 spiro atoms. The maximum absolute atomic E-state index is 12.1. The zero-order valence-electron chi connectivity index (χ0n) is 14.3. The van der Waals surface area contributed by atoms with Gasteiger partial charge in [-0.1, -0.05) is 13.3 Å². The number of hydrogen-bond acceptors (Lipinski definition) is 4. The van der Waals surface area contributed by atoms with E-state index in [1.807, 2.05) is 19.4 Å². The lowest BCUT2D eigenvalue weighted by Crippen LogP contribution is -2.46. The molecule has 0 aromatic carbocycles. The first-order chi connectivity index (χ1) is 11.1. The first kappa shape index (κ1) is 18.4. The van der Waals surface area contributed by atoms with Crippen LogP contribution in [0.2, 0.25) is 0 Å². The van der Waals surface area contributed by atoms with E-state index in [-0.39, 0.29) is 0 Å². The van der Waals surface area contributed by atoms with E-state index in [0.717, 1.165) is 49.6 Å². The molecule has 23 heavy (non-hydrogen) atoms. The van der Waals surface area contributed by atoms with E-state index in [9.17, 15) is 4.21 Å². The number of aromatic nitrogens is 1. The molecule has 1 aliphatic carbocycles. The van der Waals surface area contributed by atoms with Gasteiger partial charge in [-0.2, -0.15) is 0 Å². The summed E-state index contributed by atoms with van der Waals surface area (Å²) < 4.78 is 12.1. The molecule has 5 nitrogen and oxygen atoms in total. The summed E-state index contributed by atoms with van der Waals surface area (Å²) in [5.41, 5.74) is 2.93. The number of thiazole rings is 1. The average molecular weight is 357 g/mol. The van der Waals surface area contributed by atoms with Crippen molar-refractivity contribution in [3.8, 4) is 0 Å². The summed E-state index contributed by atoms with van der Waals surface area (Å²) in [5, 5.41) is 7.18. The third-order valence-electron chi connectivity index (χ3n) is 4.19. The Labute approximate surface area is 145 Å². The van der Waals surface area contributed by atoms with Gasteiger partial charge in [-0.05, 0) is 33.1 Å². The first-order valence-electron chi connectivity index (χ1n) is 8.45. The van der Waals surface area contributed by atoms with Crippen LogP contribution in [0.5, 0.6) is 0 Å². The molecular weight excluding hydrogens is 328 g/mol. The molecule has 2 rings (SSSR count). The zero-order chi connectivity index (χ0) is 16.7. The number of guanidine groups is 1. The van der Waals surface area contributed by atoms with Gasteiger partial charge >= 0.3 is 0 Å². The van der Waals surface area contributed by atoms with Crippen LogP contribution in [-0.2, 0) is 17.3 Å². The molecule has 130 valence electrons. The van der Waals surface area contributed by atoms with Crippen molar-refractivity contribution >= 4 is 28.1 Å². The van der Waals surface area contributed by atoms with Gasteiger partial charge in [0, 0.05) is 39.3 Å². The van der Waals surface area contributed by atoms with Crippen LogP contribution >= 0.6 is 11.3 Å². The summed E-state index contributed by atoms with van der Waals surface area (Å²) in [4.78, 5) is 10.2. The number of aliphatic imine (C=N–C) groups is 1. The topological polar surface area (TPSA) is 66.4 Å². The molecule has 1 fully saturated rings. The molecule has 1 aromatic rings. The Morgan fingerprint density at radius 1 is 1.48 bits per heavy atom. The standard InChI is InChI=1S/C16H28N4OS2/c1-4-17-16(18-10-15-12(3)19-11-22-15)20-13-7-6-8-14(9-13)23(21)5-2/h11,13-14H,4-10H2,1-3H3,(H2,17,18,20). The van der Waals surface area contributed by atoms with Gasteiger partial charge in [0.1, 0.15) is 0 Å². The Morgan fingerprint density at radius 3 is 2.96 bits per heavy atom. The van der Waals surface area contributed by atoms with Crippen LogP contribution in [0.25, 0.3) is 0 Å². The van der Waals surface area contributed by atoms with Crippen LogP contribution in [0.4, 0.5) is 0 Å². The maximum Gasteiger partial charge on any atom is 0.191 e. The fraction of sp³-hybridized carbons (Fsp3) is 0.750. The molecule has 2 N–H and O–H groups in total. The van der Waals surface area contributed by atoms with Gasteiger partial charge in [0.15, 0.2) is 5.96 Å². The van der Waals surface area contributed by atoms with Crippen molar-refractivity contribution in [3.63, 3.8) is 0 Å². The van der Waals surface area contributed by atoms with Crippen molar-refractivity contribution in [2.45, 2.75) is 64.3 Å². The molecule has 7 heteroatoms. The van der Waals surface area contributed by atoms with Gasteiger partial charge in [-0.25, -0.2) is 9.98 Å². The predicted octanol–water partition coefficient (Wildman–Crippen LogP) is 2.59. The second-order valence-electron chi connectivity index (χ2n) is 5.86. The van der Waals surface area contributed by atoms with Crippen molar-refractivity contribution < 1.29 is 4.21 Å². The molecule has 1 aromatic heterocycles. The lowest BCUT2D eigenvalue weighted by Gasteiger charge is -2.30. The predicted molar refractivity (Wildman–Crippen MR) is 99.5 cm³/mol. The highest BCUT2D eigenvalue weighted by Gasteiger charge is 2.26. The highest BCUT2D eigenvalue weighted by molar-refractivity contribution is 7.85. The highest BCUT2D eigenvalue weighted by atomic mass is 32.2. The Hall–Kier alpha value is -0.950. The quantitative estimate of drug-likeness (QED) is 0.607. The van der Waals surface area contributed by atoms with Crippen molar-refractivity contribution in [1.29, 1.82) is 0 Å².